The second-order valence-electron chi connectivity index (χ2n) is 5.97. The summed E-state index contributed by atoms with van der Waals surface area (Å²) in [6.45, 7) is 3.63. The Morgan fingerprint density at radius 1 is 0.929 bits per heavy atom. The molecule has 0 bridgehead atoms. The molecular formula is C19H16Cl2N4O2S. The third kappa shape index (κ3) is 5.01. The predicted molar refractivity (Wildman–Crippen MR) is 115 cm³/mol. The van der Waals surface area contributed by atoms with Gasteiger partial charge in [0.05, 0.1) is 15.7 Å². The molecule has 3 N–H and O–H groups in total. The molecule has 144 valence electrons. The van der Waals surface area contributed by atoms with Gasteiger partial charge in [0.2, 0.25) is 0 Å². The van der Waals surface area contributed by atoms with Gasteiger partial charge < -0.3 is 10.6 Å². The smallest absolute Gasteiger partial charge is 0.321 e. The molecule has 2 aromatic carbocycles. The SMILES string of the molecule is Cc1cccc(NC(=O)Nc2nc(C)c(C(=O)Nc3ccc(Cl)c(Cl)c3)s2)c1. The summed E-state index contributed by atoms with van der Waals surface area (Å²) in [5, 5.41) is 9.18. The van der Waals surface area contributed by atoms with Crippen LogP contribution in [0.3, 0.4) is 0 Å². The zero-order valence-corrected chi connectivity index (χ0v) is 17.3. The molecule has 0 atom stereocenters. The number of urea groups is 1. The summed E-state index contributed by atoms with van der Waals surface area (Å²) in [4.78, 5) is 29.3. The predicted octanol–water partition coefficient (Wildman–Crippen LogP) is 5.96. The first-order chi connectivity index (χ1) is 13.3. The van der Waals surface area contributed by atoms with Gasteiger partial charge in [-0.3, -0.25) is 10.1 Å². The number of nitrogens with one attached hydrogen (secondary N) is 3. The number of aryl methyl sites for hydroxylation is 2. The molecule has 0 saturated heterocycles. The number of rotatable bonds is 4. The topological polar surface area (TPSA) is 83.1 Å². The highest BCUT2D eigenvalue weighted by molar-refractivity contribution is 7.17. The fraction of sp³-hybridized carbons (Fsp3) is 0.105. The number of aromatic nitrogens is 1. The van der Waals surface area contributed by atoms with Crippen LogP contribution in [0, 0.1) is 13.8 Å². The minimum atomic E-state index is -0.434. The van der Waals surface area contributed by atoms with Crippen molar-refractivity contribution < 1.29 is 9.59 Å². The summed E-state index contributed by atoms with van der Waals surface area (Å²) in [6, 6.07) is 11.8. The van der Waals surface area contributed by atoms with Gasteiger partial charge in [-0.2, -0.15) is 0 Å². The number of benzene rings is 2. The van der Waals surface area contributed by atoms with Crippen LogP contribution in [0.1, 0.15) is 20.9 Å². The number of carbonyl (C=O) groups excluding carboxylic acids is 2. The van der Waals surface area contributed by atoms with E-state index in [2.05, 4.69) is 20.9 Å². The van der Waals surface area contributed by atoms with Crippen LogP contribution >= 0.6 is 34.5 Å². The Labute approximate surface area is 175 Å². The lowest BCUT2D eigenvalue weighted by atomic mass is 10.2. The van der Waals surface area contributed by atoms with E-state index in [-0.39, 0.29) is 5.91 Å². The molecule has 6 nitrogen and oxygen atoms in total. The van der Waals surface area contributed by atoms with Crippen LogP contribution in [0.25, 0.3) is 0 Å². The van der Waals surface area contributed by atoms with Gasteiger partial charge in [0.1, 0.15) is 4.88 Å². The highest BCUT2D eigenvalue weighted by atomic mass is 35.5. The molecule has 0 spiro atoms. The first kappa shape index (κ1) is 20.1. The summed E-state index contributed by atoms with van der Waals surface area (Å²) >= 11 is 12.9. The van der Waals surface area contributed by atoms with Crippen molar-refractivity contribution in [3.63, 3.8) is 0 Å². The Hall–Kier alpha value is -2.61. The quantitative estimate of drug-likeness (QED) is 0.473. The summed E-state index contributed by atoms with van der Waals surface area (Å²) in [5.41, 5.74) is 2.72. The molecule has 3 rings (SSSR count). The molecule has 0 saturated carbocycles. The van der Waals surface area contributed by atoms with Crippen LogP contribution in [0.4, 0.5) is 21.3 Å². The normalized spacial score (nSPS) is 10.4. The van der Waals surface area contributed by atoms with Crippen molar-refractivity contribution in [3.05, 3.63) is 68.6 Å². The fourth-order valence-corrected chi connectivity index (χ4v) is 3.56. The molecule has 9 heteroatoms. The summed E-state index contributed by atoms with van der Waals surface area (Å²) in [6.07, 6.45) is 0. The number of nitrogens with zero attached hydrogens (tertiary/aromatic N) is 1. The van der Waals surface area contributed by atoms with E-state index in [9.17, 15) is 9.59 Å². The first-order valence-electron chi connectivity index (χ1n) is 8.20. The highest BCUT2D eigenvalue weighted by Crippen LogP contribution is 2.27. The van der Waals surface area contributed by atoms with Gasteiger partial charge in [-0.15, -0.1) is 0 Å². The van der Waals surface area contributed by atoms with Crippen molar-refractivity contribution in [2.24, 2.45) is 0 Å². The molecule has 28 heavy (non-hydrogen) atoms. The molecular weight excluding hydrogens is 419 g/mol. The minimum Gasteiger partial charge on any atom is -0.321 e. The van der Waals surface area contributed by atoms with Crippen molar-refractivity contribution in [3.8, 4) is 0 Å². The maximum absolute atomic E-state index is 12.5. The molecule has 3 amide bonds. The Balaban J connectivity index is 1.67. The summed E-state index contributed by atoms with van der Waals surface area (Å²) in [5.74, 6) is -0.347. The molecule has 0 aliphatic rings. The van der Waals surface area contributed by atoms with Crippen LogP contribution < -0.4 is 16.0 Å². The van der Waals surface area contributed by atoms with E-state index >= 15 is 0 Å². The second kappa shape index (κ2) is 8.60. The molecule has 1 heterocycles. The molecule has 0 radical (unpaired) electrons. The largest absolute Gasteiger partial charge is 0.325 e. The van der Waals surface area contributed by atoms with E-state index in [4.69, 9.17) is 23.2 Å². The standard InChI is InChI=1S/C19H16Cl2N4O2S/c1-10-4-3-5-12(8-10)24-18(27)25-19-22-11(2)16(28-19)17(26)23-13-6-7-14(20)15(21)9-13/h3-9H,1-2H3,(H,23,26)(H2,22,24,25,27). The van der Waals surface area contributed by atoms with E-state index in [1.165, 1.54) is 0 Å². The minimum absolute atomic E-state index is 0.321. The Morgan fingerprint density at radius 2 is 1.68 bits per heavy atom. The third-order valence-electron chi connectivity index (χ3n) is 3.68. The molecule has 0 aliphatic heterocycles. The number of amides is 3. The van der Waals surface area contributed by atoms with Gasteiger partial charge >= 0.3 is 6.03 Å². The lowest BCUT2D eigenvalue weighted by molar-refractivity contribution is 0.103. The van der Waals surface area contributed by atoms with Crippen LogP contribution in [0.15, 0.2) is 42.5 Å². The van der Waals surface area contributed by atoms with Crippen molar-refractivity contribution in [2.45, 2.75) is 13.8 Å². The zero-order valence-electron chi connectivity index (χ0n) is 15.0. The fourth-order valence-electron chi connectivity index (χ4n) is 2.40. The second-order valence-corrected chi connectivity index (χ2v) is 7.78. The number of halogens is 2. The van der Waals surface area contributed by atoms with Gasteiger partial charge in [-0.05, 0) is 49.7 Å². The Bertz CT molecular complexity index is 1050. The van der Waals surface area contributed by atoms with Crippen molar-refractivity contribution >= 4 is 63.0 Å². The maximum atomic E-state index is 12.5. The molecule has 0 aliphatic carbocycles. The van der Waals surface area contributed by atoms with Gasteiger partial charge in [-0.25, -0.2) is 9.78 Å². The maximum Gasteiger partial charge on any atom is 0.325 e. The van der Waals surface area contributed by atoms with E-state index in [1.54, 1.807) is 31.2 Å². The number of hydrogen-bond donors (Lipinski definition) is 3. The van der Waals surface area contributed by atoms with Crippen LogP contribution in [0.2, 0.25) is 10.0 Å². The van der Waals surface area contributed by atoms with Gasteiger partial charge in [-0.1, -0.05) is 46.7 Å². The molecule has 0 fully saturated rings. The van der Waals surface area contributed by atoms with E-state index in [0.717, 1.165) is 16.9 Å². The van der Waals surface area contributed by atoms with Crippen molar-refractivity contribution in [2.75, 3.05) is 16.0 Å². The van der Waals surface area contributed by atoms with E-state index < -0.39 is 6.03 Å². The van der Waals surface area contributed by atoms with Crippen LogP contribution in [-0.2, 0) is 0 Å². The van der Waals surface area contributed by atoms with E-state index in [1.807, 2.05) is 25.1 Å². The zero-order chi connectivity index (χ0) is 20.3. The summed E-state index contributed by atoms with van der Waals surface area (Å²) < 4.78 is 0. The molecule has 3 aromatic rings. The van der Waals surface area contributed by atoms with Crippen LogP contribution in [0.5, 0.6) is 0 Å². The Kier molecular flexibility index (Phi) is 6.18. The monoisotopic (exact) mass is 434 g/mol. The number of anilines is 3. The van der Waals surface area contributed by atoms with Gasteiger partial charge in [0, 0.05) is 11.4 Å². The third-order valence-corrected chi connectivity index (χ3v) is 5.49. The average Bonchev–Trinajstić information content (AvgIpc) is 2.98. The number of hydrogen-bond acceptors (Lipinski definition) is 4. The number of thiazole rings is 1. The Morgan fingerprint density at radius 3 is 2.39 bits per heavy atom. The molecule has 0 unspecified atom stereocenters. The van der Waals surface area contributed by atoms with Gasteiger partial charge in [0.25, 0.3) is 5.91 Å². The number of carbonyl (C=O) groups is 2. The average molecular weight is 435 g/mol. The first-order valence-corrected chi connectivity index (χ1v) is 9.77. The lowest BCUT2D eigenvalue weighted by Crippen LogP contribution is -2.19. The molecule has 1 aromatic heterocycles. The highest BCUT2D eigenvalue weighted by Gasteiger charge is 2.17. The van der Waals surface area contributed by atoms with Crippen molar-refractivity contribution in [1.82, 2.24) is 4.98 Å². The lowest BCUT2D eigenvalue weighted by Gasteiger charge is -2.06. The van der Waals surface area contributed by atoms with Gasteiger partial charge in [0.15, 0.2) is 5.13 Å². The summed E-state index contributed by atoms with van der Waals surface area (Å²) in [7, 11) is 0. The van der Waals surface area contributed by atoms with Crippen molar-refractivity contribution in [1.29, 1.82) is 0 Å². The van der Waals surface area contributed by atoms with Crippen LogP contribution in [-0.4, -0.2) is 16.9 Å². The van der Waals surface area contributed by atoms with E-state index in [0.29, 0.717) is 37.1 Å².